The van der Waals surface area contributed by atoms with Gasteiger partial charge in [-0.05, 0) is 36.2 Å². The summed E-state index contributed by atoms with van der Waals surface area (Å²) in [5, 5.41) is 18.7. The van der Waals surface area contributed by atoms with Gasteiger partial charge in [0.25, 0.3) is 0 Å². The summed E-state index contributed by atoms with van der Waals surface area (Å²) in [4.78, 5) is 18.1. The van der Waals surface area contributed by atoms with Crippen LogP contribution in [0.25, 0.3) is 5.69 Å². The fourth-order valence-electron chi connectivity index (χ4n) is 3.13. The lowest BCUT2D eigenvalue weighted by atomic mass is 10.1. The van der Waals surface area contributed by atoms with Crippen molar-refractivity contribution < 1.29 is 9.66 Å². The smallest absolute Gasteiger partial charge is 0.329 e. The molecule has 28 heavy (non-hydrogen) atoms. The normalized spacial score (nSPS) is 13.2. The molecule has 3 aromatic rings. The number of rotatable bonds is 5. The van der Waals surface area contributed by atoms with Crippen LogP contribution in [0.2, 0.25) is 5.28 Å². The van der Waals surface area contributed by atoms with Crippen molar-refractivity contribution in [2.75, 3.05) is 11.9 Å². The second-order valence-corrected chi connectivity index (χ2v) is 6.71. The van der Waals surface area contributed by atoms with E-state index in [1.54, 1.807) is 0 Å². The van der Waals surface area contributed by atoms with E-state index < -0.39 is 4.92 Å². The lowest BCUT2D eigenvalue weighted by Gasteiger charge is -2.10. The average Bonchev–Trinajstić information content (AvgIpc) is 3.03. The maximum atomic E-state index is 11.1. The number of ether oxygens (including phenoxy) is 1. The van der Waals surface area contributed by atoms with Gasteiger partial charge in [-0.1, -0.05) is 12.1 Å². The predicted octanol–water partition coefficient (Wildman–Crippen LogP) is 3.22. The number of halogens is 1. The highest BCUT2D eigenvalue weighted by Gasteiger charge is 2.19. The van der Waals surface area contributed by atoms with Gasteiger partial charge in [0.15, 0.2) is 0 Å². The third kappa shape index (κ3) is 3.54. The van der Waals surface area contributed by atoms with Crippen LogP contribution in [-0.4, -0.2) is 31.3 Å². The topological polar surface area (TPSA) is 108 Å². The molecule has 4 rings (SSSR count). The van der Waals surface area contributed by atoms with Gasteiger partial charge >= 0.3 is 5.69 Å². The number of benzene rings is 1. The van der Waals surface area contributed by atoms with Crippen molar-refractivity contribution in [3.63, 3.8) is 0 Å². The first-order valence-corrected chi connectivity index (χ1v) is 9.06. The van der Waals surface area contributed by atoms with E-state index in [0.29, 0.717) is 19.8 Å². The molecular weight excluding hydrogens is 384 g/mol. The number of fused-ring (bicyclic) bond motifs is 1. The van der Waals surface area contributed by atoms with Gasteiger partial charge in [-0.25, -0.2) is 9.67 Å². The third-order valence-electron chi connectivity index (χ3n) is 4.63. The predicted molar refractivity (Wildman–Crippen MR) is 103 cm³/mol. The molecule has 0 bridgehead atoms. The molecule has 3 heterocycles. The first-order valence-electron chi connectivity index (χ1n) is 8.68. The van der Waals surface area contributed by atoms with Crippen LogP contribution < -0.4 is 5.32 Å². The Balaban J connectivity index is 1.51. The van der Waals surface area contributed by atoms with Gasteiger partial charge in [0.1, 0.15) is 6.20 Å². The van der Waals surface area contributed by atoms with E-state index >= 15 is 0 Å². The molecule has 10 heteroatoms. The van der Waals surface area contributed by atoms with Crippen molar-refractivity contribution in [1.29, 1.82) is 0 Å². The highest BCUT2D eigenvalue weighted by atomic mass is 35.5. The number of hydrogen-bond donors (Lipinski definition) is 1. The minimum absolute atomic E-state index is 0.0504. The molecule has 0 amide bonds. The molecule has 0 saturated heterocycles. The molecule has 0 atom stereocenters. The molecule has 0 saturated carbocycles. The molecule has 1 aromatic carbocycles. The summed E-state index contributed by atoms with van der Waals surface area (Å²) in [5.41, 5.74) is 4.98. The molecule has 1 N–H and O–H groups in total. The van der Waals surface area contributed by atoms with Crippen LogP contribution in [-0.2, 0) is 24.3 Å². The zero-order valence-electron chi connectivity index (χ0n) is 15.1. The van der Waals surface area contributed by atoms with Gasteiger partial charge in [-0.3, -0.25) is 10.1 Å². The lowest BCUT2D eigenvalue weighted by Crippen LogP contribution is -2.08. The molecule has 0 fully saturated rings. The monoisotopic (exact) mass is 400 g/mol. The number of hydrogen-bond acceptors (Lipinski definition) is 7. The SMILES string of the molecule is Cc1c2c(nn1-c1ccc(CNc3nc(Cl)ncc3[N+](=O)[O-])cc1)CCOC2. The lowest BCUT2D eigenvalue weighted by molar-refractivity contribution is -0.384. The van der Waals surface area contributed by atoms with Crippen LogP contribution in [0.1, 0.15) is 22.5 Å². The van der Waals surface area contributed by atoms with Crippen molar-refractivity contribution in [2.24, 2.45) is 0 Å². The number of nitrogens with zero attached hydrogens (tertiary/aromatic N) is 5. The molecule has 0 radical (unpaired) electrons. The van der Waals surface area contributed by atoms with Gasteiger partial charge < -0.3 is 10.1 Å². The highest BCUT2D eigenvalue weighted by Crippen LogP contribution is 2.24. The van der Waals surface area contributed by atoms with Crippen molar-refractivity contribution >= 4 is 23.1 Å². The second-order valence-electron chi connectivity index (χ2n) is 6.38. The Morgan fingerprint density at radius 3 is 2.86 bits per heavy atom. The zero-order chi connectivity index (χ0) is 19.7. The Hall–Kier alpha value is -3.04. The summed E-state index contributed by atoms with van der Waals surface area (Å²) < 4.78 is 7.45. The van der Waals surface area contributed by atoms with Crippen LogP contribution in [0, 0.1) is 17.0 Å². The Morgan fingerprint density at radius 1 is 1.36 bits per heavy atom. The summed E-state index contributed by atoms with van der Waals surface area (Å²) in [6, 6.07) is 7.80. The average molecular weight is 401 g/mol. The van der Waals surface area contributed by atoms with E-state index in [9.17, 15) is 10.1 Å². The first-order chi connectivity index (χ1) is 13.5. The van der Waals surface area contributed by atoms with Crippen molar-refractivity contribution in [2.45, 2.75) is 26.5 Å². The standard InChI is InChI=1S/C18H17ClN6O3/c1-11-14-10-28-7-6-15(14)23-24(11)13-4-2-12(3-5-13)8-20-17-16(25(26)27)9-21-18(19)22-17/h2-5,9H,6-8,10H2,1H3,(H,20,21,22). The summed E-state index contributed by atoms with van der Waals surface area (Å²) in [5.74, 6) is 0.0877. The molecule has 2 aromatic heterocycles. The Kier molecular flexibility index (Phi) is 4.93. The summed E-state index contributed by atoms with van der Waals surface area (Å²) in [6.07, 6.45) is 1.91. The maximum Gasteiger partial charge on any atom is 0.329 e. The minimum Gasteiger partial charge on any atom is -0.376 e. The summed E-state index contributed by atoms with van der Waals surface area (Å²) in [7, 11) is 0. The second kappa shape index (κ2) is 7.53. The van der Waals surface area contributed by atoms with E-state index in [4.69, 9.17) is 21.4 Å². The van der Waals surface area contributed by atoms with Crippen LogP contribution in [0.4, 0.5) is 11.5 Å². The number of nitro groups is 1. The highest BCUT2D eigenvalue weighted by molar-refractivity contribution is 6.28. The van der Waals surface area contributed by atoms with E-state index in [1.807, 2.05) is 35.9 Å². The Labute approximate surface area is 165 Å². The van der Waals surface area contributed by atoms with E-state index in [1.165, 1.54) is 0 Å². The third-order valence-corrected chi connectivity index (χ3v) is 4.81. The quantitative estimate of drug-likeness (QED) is 0.398. The molecule has 0 spiro atoms. The summed E-state index contributed by atoms with van der Waals surface area (Å²) >= 11 is 5.75. The van der Waals surface area contributed by atoms with Crippen LogP contribution >= 0.6 is 11.6 Å². The zero-order valence-corrected chi connectivity index (χ0v) is 15.8. The molecule has 0 aliphatic carbocycles. The maximum absolute atomic E-state index is 11.1. The first kappa shape index (κ1) is 18.3. The van der Waals surface area contributed by atoms with Gasteiger partial charge in [-0.15, -0.1) is 0 Å². The van der Waals surface area contributed by atoms with Crippen LogP contribution in [0.15, 0.2) is 30.5 Å². The Morgan fingerprint density at radius 2 is 2.14 bits per heavy atom. The Bertz CT molecular complexity index is 1030. The molecule has 1 aliphatic heterocycles. The minimum atomic E-state index is -0.548. The number of anilines is 1. The molecule has 144 valence electrons. The number of nitrogens with one attached hydrogen (secondary N) is 1. The van der Waals surface area contributed by atoms with Gasteiger partial charge in [0.05, 0.1) is 29.5 Å². The fourth-order valence-corrected chi connectivity index (χ4v) is 3.27. The van der Waals surface area contributed by atoms with Gasteiger partial charge in [0.2, 0.25) is 11.1 Å². The number of aromatic nitrogens is 4. The van der Waals surface area contributed by atoms with E-state index in [-0.39, 0.29) is 16.8 Å². The van der Waals surface area contributed by atoms with E-state index in [2.05, 4.69) is 15.3 Å². The van der Waals surface area contributed by atoms with E-state index in [0.717, 1.165) is 40.8 Å². The van der Waals surface area contributed by atoms with Gasteiger partial charge in [-0.2, -0.15) is 10.1 Å². The molecule has 0 unspecified atom stereocenters. The van der Waals surface area contributed by atoms with Gasteiger partial charge in [0, 0.05) is 24.2 Å². The van der Waals surface area contributed by atoms with Crippen LogP contribution in [0.3, 0.4) is 0 Å². The van der Waals surface area contributed by atoms with Crippen molar-refractivity contribution in [3.05, 3.63) is 68.4 Å². The molecule has 9 nitrogen and oxygen atoms in total. The largest absolute Gasteiger partial charge is 0.376 e. The molecular formula is C18H17ClN6O3. The van der Waals surface area contributed by atoms with Crippen molar-refractivity contribution in [1.82, 2.24) is 19.7 Å². The molecule has 1 aliphatic rings. The van der Waals surface area contributed by atoms with Crippen LogP contribution in [0.5, 0.6) is 0 Å². The van der Waals surface area contributed by atoms with Crippen molar-refractivity contribution in [3.8, 4) is 5.69 Å². The summed E-state index contributed by atoms with van der Waals surface area (Å²) in [6.45, 7) is 3.70. The fraction of sp³-hybridized carbons (Fsp3) is 0.278.